The minimum absolute atomic E-state index is 0.0341. The van der Waals surface area contributed by atoms with Gasteiger partial charge in [0.25, 0.3) is 10.1 Å². The summed E-state index contributed by atoms with van der Waals surface area (Å²) in [6.07, 6.45) is -32.1. The van der Waals surface area contributed by atoms with Crippen LogP contribution in [0.5, 0.6) is 0 Å². The van der Waals surface area contributed by atoms with Gasteiger partial charge >= 0.3 is 35.9 Å². The summed E-state index contributed by atoms with van der Waals surface area (Å²) >= 11 is 0. The molecule has 8 aliphatic rings. The lowest BCUT2D eigenvalue weighted by Crippen LogP contribution is -2.40. The molecular weight excluding hydrogens is 1840 g/mol. The fourth-order valence-electron chi connectivity index (χ4n) is 12.2. The molecular formula is C78H152N3O48PS2. The minimum Gasteiger partial charge on any atom is -0.467 e. The molecule has 0 radical (unpaired) electrons. The first-order valence-corrected chi connectivity index (χ1v) is 47.4. The molecule has 132 heavy (non-hydrogen) atoms. The lowest BCUT2D eigenvalue weighted by Gasteiger charge is -2.26. The van der Waals surface area contributed by atoms with Crippen molar-refractivity contribution < 1.29 is 230 Å². The molecule has 8 aliphatic heterocycles. The number of nitrogens with two attached hydrogens (primary N) is 1. The lowest BCUT2D eigenvalue weighted by atomic mass is 10.1. The summed E-state index contributed by atoms with van der Waals surface area (Å²) in [5, 5.41) is 157. The van der Waals surface area contributed by atoms with Gasteiger partial charge in [0.05, 0.1) is 99.9 Å². The molecule has 0 aromatic rings. The van der Waals surface area contributed by atoms with Crippen molar-refractivity contribution in [1.29, 1.82) is 0 Å². The number of amides is 2. The van der Waals surface area contributed by atoms with Gasteiger partial charge < -0.3 is 192 Å². The number of methoxy groups -OCH3 is 1. The third-order valence-electron chi connectivity index (χ3n) is 18.8. The van der Waals surface area contributed by atoms with Crippen LogP contribution in [0.3, 0.4) is 0 Å². The Balaban J connectivity index is 0.000000755. The highest BCUT2D eigenvalue weighted by Crippen LogP contribution is 2.48. The van der Waals surface area contributed by atoms with E-state index >= 15 is 0 Å². The van der Waals surface area contributed by atoms with E-state index in [0.29, 0.717) is 6.42 Å². The average molecular weight is 2000 g/mol. The van der Waals surface area contributed by atoms with Gasteiger partial charge in [0.2, 0.25) is 5.91 Å². The molecule has 54 heteroatoms. The predicted octanol–water partition coefficient (Wildman–Crippen LogP) is -4.64. The van der Waals surface area contributed by atoms with Crippen molar-refractivity contribution in [2.24, 2.45) is 5.73 Å². The van der Waals surface area contributed by atoms with Crippen LogP contribution in [0.1, 0.15) is 158 Å². The standard InChI is InChI=1S/C11H23O7P.C10H19NO5.C10H20O7S.C10H18O6.C10H20O4.C9H19NO7S.C9H17NO6.C9H16O6/c1-7(2)17-11-10(13)9(12)8(18-11)5-6-19(14,15-3)16-4;1-5(2)15-10-9(14)8(13)7(16-10)4-11-6(3)12;1-6(2)16-10-9(12)8(11)7(17-10)4-5-18(13,14)15-3;1-5(2)15-10-9(13)8(12)7(16-10)4-14-6(3)11;1-5-6-7(11)8(12)9(13-6)14-10(2,3)4;1-5(2)16-9-8(12)7(11)6(17-9)4-10-18(13,14)15-3;1-4(2)15-8-7(12)6(11)5(16-8)3-14-9(10)13;1-4(2)14-9-6(11)5(10)7(15-9)8(12)13-3/h7-13H,5-6H2,1-4H3;5,7-10,13-14H,4H2,1-3H3,(H,11,12);6-12H,4-5H2,1-3H3;5,7-10,12-13H,4H2,1-3H3;6-9,11-12H,5H2,1-4H3;5-12H,4H2,1-3H3;4-8,11-12H,3H2,1-2H3,(H2,10,13);4-7,9-11H,1-3H3/t8-,9-,10-,11-;3*7-,8-,9-,10-;6-,7?,8+,9+;6-,7-,8-,9-;5-,6-,7-,8-;5-,6+,7-,9+/m11111110/s1. The molecule has 784 valence electrons. The van der Waals surface area contributed by atoms with Crippen molar-refractivity contribution in [1.82, 2.24) is 10.0 Å². The second kappa shape index (κ2) is 60.5. The first kappa shape index (κ1) is 126. The van der Waals surface area contributed by atoms with Crippen molar-refractivity contribution in [2.75, 3.05) is 73.8 Å². The average Bonchev–Trinajstić information content (AvgIpc) is 1.63. The Kier molecular flexibility index (Phi) is 57.9. The molecule has 2 amide bonds. The zero-order valence-corrected chi connectivity index (χ0v) is 82.0. The topological polar surface area (TPSA) is 740 Å². The summed E-state index contributed by atoms with van der Waals surface area (Å²) in [5.74, 6) is -1.68. The number of esters is 2. The van der Waals surface area contributed by atoms with Gasteiger partial charge in [-0.1, -0.05) is 6.92 Å². The van der Waals surface area contributed by atoms with E-state index in [1.165, 1.54) is 35.2 Å². The van der Waals surface area contributed by atoms with Gasteiger partial charge in [0, 0.05) is 41.2 Å². The van der Waals surface area contributed by atoms with Crippen LogP contribution in [0.25, 0.3) is 0 Å². The Bertz CT molecular complexity index is 3310. The minimum atomic E-state index is -3.85. The Hall–Kier alpha value is -3.67. The molecule has 8 rings (SSSR count). The molecule has 0 aromatic heterocycles. The number of aliphatic hydroxyl groups is 16. The van der Waals surface area contributed by atoms with Gasteiger partial charge in [-0.2, -0.15) is 21.6 Å². The number of primary amides is 1. The van der Waals surface area contributed by atoms with Crippen LogP contribution in [0.2, 0.25) is 0 Å². The number of carbonyl (C=O) groups excluding carboxylic acids is 4. The van der Waals surface area contributed by atoms with E-state index < -0.39 is 237 Å². The van der Waals surface area contributed by atoms with E-state index in [4.69, 9.17) is 95.3 Å². The van der Waals surface area contributed by atoms with E-state index in [1.54, 1.807) is 83.1 Å². The predicted molar refractivity (Wildman–Crippen MR) is 453 cm³/mol. The van der Waals surface area contributed by atoms with E-state index in [-0.39, 0.29) is 111 Å². The Morgan fingerprint density at radius 2 is 0.689 bits per heavy atom. The zero-order valence-electron chi connectivity index (χ0n) is 79.4. The summed E-state index contributed by atoms with van der Waals surface area (Å²) in [5.41, 5.74) is 4.39. The molecule has 0 bridgehead atoms. The van der Waals surface area contributed by atoms with E-state index in [9.17, 15) is 122 Å². The van der Waals surface area contributed by atoms with Crippen LogP contribution in [0.4, 0.5) is 4.79 Å². The summed E-state index contributed by atoms with van der Waals surface area (Å²) in [6.45, 7) is 34.7. The molecule has 8 heterocycles. The van der Waals surface area contributed by atoms with Gasteiger partial charge in [0.1, 0.15) is 135 Å². The second-order valence-corrected chi connectivity index (χ2v) is 39.4. The van der Waals surface area contributed by atoms with Crippen LogP contribution in [0, 0.1) is 0 Å². The molecule has 32 atom stereocenters. The van der Waals surface area contributed by atoms with Crippen molar-refractivity contribution >= 4 is 52.0 Å². The molecule has 1 unspecified atom stereocenters. The van der Waals surface area contributed by atoms with Crippen molar-refractivity contribution in [2.45, 2.75) is 403 Å². The molecule has 0 spiro atoms. The monoisotopic (exact) mass is 1990 g/mol. The number of hydrogen-bond acceptors (Lipinski definition) is 48. The summed E-state index contributed by atoms with van der Waals surface area (Å²) in [4.78, 5) is 42.8. The Morgan fingerprint density at radius 3 is 0.992 bits per heavy atom. The summed E-state index contributed by atoms with van der Waals surface area (Å²) in [6, 6.07) is 0. The zero-order chi connectivity index (χ0) is 102. The maximum Gasteiger partial charge on any atom is 0.404 e. The van der Waals surface area contributed by atoms with E-state index in [2.05, 4.69) is 27.9 Å². The smallest absolute Gasteiger partial charge is 0.404 e. The molecule has 51 nitrogen and oxygen atoms in total. The van der Waals surface area contributed by atoms with Gasteiger partial charge in [0.15, 0.2) is 56.4 Å². The van der Waals surface area contributed by atoms with Crippen LogP contribution in [-0.2, 0) is 147 Å². The van der Waals surface area contributed by atoms with Crippen LogP contribution < -0.4 is 15.8 Å². The van der Waals surface area contributed by atoms with Crippen molar-refractivity contribution in [3.63, 3.8) is 0 Å². The summed E-state index contributed by atoms with van der Waals surface area (Å²) < 4.78 is 174. The summed E-state index contributed by atoms with van der Waals surface area (Å²) in [7, 11) is -4.73. The number of aliphatic hydroxyl groups excluding tert-OH is 16. The Labute approximate surface area is 771 Å². The van der Waals surface area contributed by atoms with Gasteiger partial charge in [-0.05, 0) is 137 Å². The number of hydrogen-bond donors (Lipinski definition) is 19. The number of ether oxygens (including phenoxy) is 19. The molecule has 0 saturated carbocycles. The van der Waals surface area contributed by atoms with Gasteiger partial charge in [-0.15, -0.1) is 0 Å². The SMILES string of the molecule is CC(=O)NC[C@H]1O[C@@H](OC(C)C)[C@H](O)[C@@H]1O.CC(=O)OC[C@H]1O[C@@H](OC(C)C)[C@H](O)[C@@H]1O.CC(C)O[C@@H]1O[C@H](COC(N)=O)[C@@H](O)[C@H]1O.CC[C@H]1O[C@@H](OC(C)(C)C)[C@@H](O)C1O.COC(=O)[C@H]1O[C@@H](OC(C)C)[C@H](O)[C@@H]1O.COP(=O)(CC[C@H]1O[C@@H](OC(C)C)[C@H](O)[C@@H]1O)OC.COS(=O)(=O)CC[C@H]1O[C@@H](OC(C)C)[C@H](O)[C@@H]1O.COS(=O)(=O)NC[C@H]1O[C@@H](OC(C)C)[C@H](O)[C@@H]1O. The number of carbonyl (C=O) groups is 4. The highest BCUT2D eigenvalue weighted by Gasteiger charge is 2.52. The quantitative estimate of drug-likeness (QED) is 0.0121. The largest absolute Gasteiger partial charge is 0.467 e. The van der Waals surface area contributed by atoms with Crippen molar-refractivity contribution in [3.8, 4) is 0 Å². The van der Waals surface area contributed by atoms with Crippen LogP contribution in [-0.4, -0.2) is 441 Å². The highest BCUT2D eigenvalue weighted by molar-refractivity contribution is 7.86. The fourth-order valence-corrected chi connectivity index (χ4v) is 14.5. The third-order valence-corrected chi connectivity index (χ3v) is 22.9. The second-order valence-electron chi connectivity index (χ2n) is 33.6. The lowest BCUT2D eigenvalue weighted by molar-refractivity contribution is -0.212. The first-order valence-electron chi connectivity index (χ1n) is 42.7. The fraction of sp³-hybridized carbons (Fsp3) is 0.949. The molecule has 8 saturated heterocycles. The highest BCUT2D eigenvalue weighted by atomic mass is 32.2. The normalized spacial score (nSPS) is 34.4. The van der Waals surface area contributed by atoms with Gasteiger partial charge in [-0.3, -0.25) is 22.5 Å². The van der Waals surface area contributed by atoms with Crippen LogP contribution in [0.15, 0.2) is 0 Å². The maximum absolute atomic E-state index is 11.9. The van der Waals surface area contributed by atoms with Crippen LogP contribution >= 0.6 is 7.60 Å². The molecule has 8 fully saturated rings. The van der Waals surface area contributed by atoms with E-state index in [1.807, 2.05) is 41.5 Å². The van der Waals surface area contributed by atoms with Crippen molar-refractivity contribution in [3.05, 3.63) is 0 Å². The molecule has 20 N–H and O–H groups in total. The first-order chi connectivity index (χ1) is 60.9. The molecule has 0 aromatic carbocycles. The van der Waals surface area contributed by atoms with E-state index in [0.717, 1.165) is 14.2 Å². The number of rotatable bonds is 36. The molecule has 0 aliphatic carbocycles. The maximum atomic E-state index is 11.9. The van der Waals surface area contributed by atoms with Gasteiger partial charge in [-0.25, -0.2) is 9.59 Å². The Morgan fingerprint density at radius 1 is 0.394 bits per heavy atom. The third kappa shape index (κ3) is 44.9. The number of nitrogens with one attached hydrogen (secondary N) is 2.